The van der Waals surface area contributed by atoms with Crippen molar-refractivity contribution < 1.29 is 0 Å². The van der Waals surface area contributed by atoms with Crippen LogP contribution >= 0.6 is 0 Å². The van der Waals surface area contributed by atoms with Crippen molar-refractivity contribution in [2.45, 2.75) is 18.9 Å². The summed E-state index contributed by atoms with van der Waals surface area (Å²) in [6, 6.07) is 2.40. The molecule has 0 bridgehead atoms. The molecule has 0 saturated carbocycles. The molecule has 0 aromatic carbocycles. The zero-order valence-corrected chi connectivity index (χ0v) is 14.2. The quantitative estimate of drug-likeness (QED) is 0.846. The van der Waals surface area contributed by atoms with E-state index < -0.39 is 0 Å². The zero-order valence-electron chi connectivity index (χ0n) is 14.2. The van der Waals surface area contributed by atoms with Gasteiger partial charge in [-0.1, -0.05) is 0 Å². The first kappa shape index (κ1) is 15.1. The summed E-state index contributed by atoms with van der Waals surface area (Å²) in [5.74, 6) is 3.47. The van der Waals surface area contributed by atoms with Gasteiger partial charge in [0, 0.05) is 52.3 Å². The molecular weight excluding hydrogens is 302 g/mol. The summed E-state index contributed by atoms with van der Waals surface area (Å²) in [7, 11) is 4.01. The van der Waals surface area contributed by atoms with Crippen LogP contribution in [0.4, 0.5) is 17.6 Å². The highest BCUT2D eigenvalue weighted by atomic mass is 15.3. The van der Waals surface area contributed by atoms with Gasteiger partial charge in [-0.25, -0.2) is 9.97 Å². The minimum atomic E-state index is 0.460. The summed E-state index contributed by atoms with van der Waals surface area (Å²) in [5, 5.41) is 0. The van der Waals surface area contributed by atoms with Crippen LogP contribution in [-0.4, -0.2) is 59.7 Å². The fourth-order valence-electron chi connectivity index (χ4n) is 3.79. The predicted octanol–water partition coefficient (Wildman–Crippen LogP) is 1.44. The first-order valence-corrected chi connectivity index (χ1v) is 8.50. The molecule has 2 unspecified atom stereocenters. The van der Waals surface area contributed by atoms with Gasteiger partial charge < -0.3 is 14.7 Å². The third-order valence-corrected chi connectivity index (χ3v) is 5.08. The number of anilines is 3. The molecule has 7 nitrogen and oxygen atoms in total. The first-order chi connectivity index (χ1) is 11.7. The average Bonchev–Trinajstić information content (AvgIpc) is 3.05. The minimum absolute atomic E-state index is 0.460. The lowest BCUT2D eigenvalue weighted by Gasteiger charge is -2.38. The van der Waals surface area contributed by atoms with Crippen LogP contribution in [-0.2, 0) is 0 Å². The van der Waals surface area contributed by atoms with Crippen LogP contribution in [0.25, 0.3) is 0 Å². The van der Waals surface area contributed by atoms with Gasteiger partial charge in [0.1, 0.15) is 11.6 Å². The van der Waals surface area contributed by atoms with Crippen molar-refractivity contribution in [3.8, 4) is 0 Å². The molecule has 24 heavy (non-hydrogen) atoms. The smallest absolute Gasteiger partial charge is 0.227 e. The monoisotopic (exact) mass is 325 g/mol. The van der Waals surface area contributed by atoms with Crippen molar-refractivity contribution in [1.29, 1.82) is 0 Å². The van der Waals surface area contributed by atoms with Crippen LogP contribution in [0.5, 0.6) is 0 Å². The fraction of sp³-hybridized carbons (Fsp3) is 0.529. The summed E-state index contributed by atoms with van der Waals surface area (Å²) < 4.78 is 0. The Hall–Kier alpha value is -2.44. The predicted molar refractivity (Wildman–Crippen MR) is 94.5 cm³/mol. The van der Waals surface area contributed by atoms with Gasteiger partial charge in [-0.2, -0.15) is 4.98 Å². The molecule has 0 spiro atoms. The molecule has 2 aliphatic heterocycles. The molecule has 2 fully saturated rings. The zero-order chi connectivity index (χ0) is 16.5. The van der Waals surface area contributed by atoms with Crippen molar-refractivity contribution in [2.75, 3.05) is 48.4 Å². The molecule has 0 aliphatic carbocycles. The lowest BCUT2D eigenvalue weighted by molar-refractivity contribution is 0.387. The molecule has 7 heteroatoms. The van der Waals surface area contributed by atoms with Gasteiger partial charge in [-0.3, -0.25) is 4.98 Å². The standard InChI is InChI=1S/C17H23N7/c1-22(2)15-3-6-20-17(21-15)23-9-4-13-5-10-24(14(13)12-23)16-11-18-7-8-19-16/h3,6-8,11,13-14H,4-5,9-10,12H2,1-2H3. The van der Waals surface area contributed by atoms with Crippen LogP contribution in [0.2, 0.25) is 0 Å². The highest BCUT2D eigenvalue weighted by Crippen LogP contribution is 2.35. The number of rotatable bonds is 3. The Morgan fingerprint density at radius 1 is 1.08 bits per heavy atom. The molecule has 0 N–H and O–H groups in total. The summed E-state index contributed by atoms with van der Waals surface area (Å²) in [6.45, 7) is 3.02. The Bertz CT molecular complexity index is 690. The summed E-state index contributed by atoms with van der Waals surface area (Å²) in [4.78, 5) is 24.6. The first-order valence-electron chi connectivity index (χ1n) is 8.50. The van der Waals surface area contributed by atoms with E-state index in [0.29, 0.717) is 6.04 Å². The lowest BCUT2D eigenvalue weighted by Crippen LogP contribution is -2.49. The summed E-state index contributed by atoms with van der Waals surface area (Å²) in [5.41, 5.74) is 0. The maximum absolute atomic E-state index is 4.70. The summed E-state index contributed by atoms with van der Waals surface area (Å²) in [6.07, 6.45) is 9.62. The SMILES string of the molecule is CN(C)c1ccnc(N2CCC3CCN(c4cnccn4)C3C2)n1. The van der Waals surface area contributed by atoms with E-state index in [0.717, 1.165) is 43.1 Å². The van der Waals surface area contributed by atoms with Crippen molar-refractivity contribution in [3.05, 3.63) is 30.9 Å². The van der Waals surface area contributed by atoms with Gasteiger partial charge in [-0.15, -0.1) is 0 Å². The van der Waals surface area contributed by atoms with Gasteiger partial charge in [0.2, 0.25) is 5.95 Å². The number of aromatic nitrogens is 4. The number of hydrogen-bond donors (Lipinski definition) is 0. The van der Waals surface area contributed by atoms with Gasteiger partial charge in [-0.05, 0) is 24.8 Å². The topological polar surface area (TPSA) is 61.3 Å². The number of piperidine rings is 1. The molecule has 4 rings (SSSR count). The van der Waals surface area contributed by atoms with Gasteiger partial charge in [0.05, 0.1) is 12.2 Å². The molecule has 2 aliphatic rings. The fourth-order valence-corrected chi connectivity index (χ4v) is 3.79. The van der Waals surface area contributed by atoms with E-state index in [2.05, 4.69) is 24.8 Å². The molecule has 126 valence electrons. The summed E-state index contributed by atoms with van der Waals surface area (Å²) >= 11 is 0. The molecule has 0 radical (unpaired) electrons. The second-order valence-electron chi connectivity index (χ2n) is 6.72. The van der Waals surface area contributed by atoms with Crippen molar-refractivity contribution in [3.63, 3.8) is 0 Å². The highest BCUT2D eigenvalue weighted by molar-refractivity contribution is 5.45. The largest absolute Gasteiger partial charge is 0.363 e. The third kappa shape index (κ3) is 2.74. The normalized spacial score (nSPS) is 23.2. The molecular formula is C17H23N7. The van der Waals surface area contributed by atoms with Crippen LogP contribution in [0.3, 0.4) is 0 Å². The highest BCUT2D eigenvalue weighted by Gasteiger charge is 2.39. The maximum Gasteiger partial charge on any atom is 0.227 e. The van der Waals surface area contributed by atoms with E-state index in [1.165, 1.54) is 12.8 Å². The van der Waals surface area contributed by atoms with E-state index in [1.807, 2.05) is 37.5 Å². The molecule has 2 saturated heterocycles. The van der Waals surface area contributed by atoms with E-state index in [1.54, 1.807) is 12.4 Å². The molecule has 2 aromatic heterocycles. The van der Waals surface area contributed by atoms with E-state index in [4.69, 9.17) is 4.98 Å². The minimum Gasteiger partial charge on any atom is -0.363 e. The second kappa shape index (κ2) is 6.22. The van der Waals surface area contributed by atoms with Gasteiger partial charge in [0.15, 0.2) is 0 Å². The molecule has 0 amide bonds. The second-order valence-corrected chi connectivity index (χ2v) is 6.72. The Kier molecular flexibility index (Phi) is 3.92. The van der Waals surface area contributed by atoms with E-state index in [-0.39, 0.29) is 0 Å². The van der Waals surface area contributed by atoms with Crippen LogP contribution in [0.15, 0.2) is 30.9 Å². The Balaban J connectivity index is 1.55. The molecule has 2 aromatic rings. The van der Waals surface area contributed by atoms with E-state index >= 15 is 0 Å². The average molecular weight is 325 g/mol. The van der Waals surface area contributed by atoms with Gasteiger partial charge >= 0.3 is 0 Å². The Morgan fingerprint density at radius 2 is 1.96 bits per heavy atom. The maximum atomic E-state index is 4.70. The lowest BCUT2D eigenvalue weighted by atomic mass is 9.92. The Morgan fingerprint density at radius 3 is 2.75 bits per heavy atom. The number of fused-ring (bicyclic) bond motifs is 1. The Labute approximate surface area is 142 Å². The number of nitrogens with zero attached hydrogens (tertiary/aromatic N) is 7. The third-order valence-electron chi connectivity index (χ3n) is 5.08. The van der Waals surface area contributed by atoms with Crippen molar-refractivity contribution in [2.24, 2.45) is 5.92 Å². The van der Waals surface area contributed by atoms with Gasteiger partial charge in [0.25, 0.3) is 0 Å². The van der Waals surface area contributed by atoms with Crippen molar-refractivity contribution >= 4 is 17.6 Å². The number of hydrogen-bond acceptors (Lipinski definition) is 7. The molecule has 2 atom stereocenters. The molecule has 4 heterocycles. The van der Waals surface area contributed by atoms with Crippen LogP contribution < -0.4 is 14.7 Å². The van der Waals surface area contributed by atoms with Crippen LogP contribution in [0.1, 0.15) is 12.8 Å². The van der Waals surface area contributed by atoms with E-state index in [9.17, 15) is 0 Å². The van der Waals surface area contributed by atoms with Crippen molar-refractivity contribution in [1.82, 2.24) is 19.9 Å². The van der Waals surface area contributed by atoms with Crippen LogP contribution in [0, 0.1) is 5.92 Å².